The molecule has 8 heteroatoms. The molecule has 1 aliphatic heterocycles. The van der Waals surface area contributed by atoms with E-state index in [1.807, 2.05) is 66.7 Å². The Morgan fingerprint density at radius 1 is 0.973 bits per heavy atom. The second kappa shape index (κ2) is 12.1. The second-order valence-electron chi connectivity index (χ2n) is 8.65. The fourth-order valence-corrected chi connectivity index (χ4v) is 4.98. The van der Waals surface area contributed by atoms with Crippen LogP contribution in [0.2, 0.25) is 0 Å². The number of benzene rings is 2. The van der Waals surface area contributed by atoms with E-state index in [4.69, 9.17) is 9.47 Å². The molecule has 3 atom stereocenters. The highest BCUT2D eigenvalue weighted by Gasteiger charge is 2.32. The Balaban J connectivity index is 1.35. The van der Waals surface area contributed by atoms with E-state index in [0.717, 1.165) is 27.5 Å². The minimum absolute atomic E-state index is 0.00155. The number of carbonyl (C=O) groups excluding carboxylic acids is 1. The molecule has 0 aliphatic carbocycles. The molecular formula is C29H27N3O4S. The van der Waals surface area contributed by atoms with Crippen molar-refractivity contribution in [2.75, 3.05) is 11.1 Å². The Kier molecular flexibility index (Phi) is 8.22. The molecule has 5 rings (SSSR count). The molecule has 7 nitrogen and oxygen atoms in total. The summed E-state index contributed by atoms with van der Waals surface area (Å²) in [5, 5.41) is 13.3. The molecule has 2 N–H and O–H groups in total. The van der Waals surface area contributed by atoms with Gasteiger partial charge in [-0.2, -0.15) is 0 Å². The van der Waals surface area contributed by atoms with Crippen LogP contribution < -0.4 is 5.32 Å². The van der Waals surface area contributed by atoms with Crippen molar-refractivity contribution in [3.05, 3.63) is 120 Å². The van der Waals surface area contributed by atoms with Crippen LogP contribution in [0.1, 0.15) is 45.9 Å². The number of amides is 1. The van der Waals surface area contributed by atoms with Gasteiger partial charge in [-0.1, -0.05) is 42.5 Å². The SMILES string of the molecule is O=C(Nc1cccc(C2OC(CSc3ccccn3)CC(c3ccc(CO)cc3)O2)c1)c1cccnc1. The van der Waals surface area contributed by atoms with E-state index in [1.54, 1.807) is 36.3 Å². The molecule has 4 aromatic rings. The van der Waals surface area contributed by atoms with Gasteiger partial charge in [-0.05, 0) is 47.5 Å². The first-order valence-electron chi connectivity index (χ1n) is 12.0. The van der Waals surface area contributed by atoms with Gasteiger partial charge < -0.3 is 19.9 Å². The molecule has 0 spiro atoms. The molecular weight excluding hydrogens is 486 g/mol. The second-order valence-corrected chi connectivity index (χ2v) is 9.69. The maximum atomic E-state index is 12.6. The number of nitrogens with one attached hydrogen (secondary N) is 1. The summed E-state index contributed by atoms with van der Waals surface area (Å²) in [6.45, 7) is -0.00155. The molecule has 37 heavy (non-hydrogen) atoms. The van der Waals surface area contributed by atoms with E-state index in [2.05, 4.69) is 15.3 Å². The van der Waals surface area contributed by atoms with Crippen LogP contribution in [0.25, 0.3) is 0 Å². The van der Waals surface area contributed by atoms with Crippen molar-refractivity contribution in [2.24, 2.45) is 0 Å². The highest BCUT2D eigenvalue weighted by molar-refractivity contribution is 7.99. The summed E-state index contributed by atoms with van der Waals surface area (Å²) in [6.07, 6.45) is 4.75. The molecule has 3 heterocycles. The number of thioether (sulfide) groups is 1. The van der Waals surface area contributed by atoms with E-state index in [-0.39, 0.29) is 24.7 Å². The Labute approximate surface area is 219 Å². The summed E-state index contributed by atoms with van der Waals surface area (Å²) in [4.78, 5) is 21.0. The zero-order valence-corrected chi connectivity index (χ0v) is 20.9. The summed E-state index contributed by atoms with van der Waals surface area (Å²) in [5.74, 6) is 0.488. The van der Waals surface area contributed by atoms with Crippen molar-refractivity contribution in [3.8, 4) is 0 Å². The first kappa shape index (κ1) is 25.1. The molecule has 0 saturated carbocycles. The normalized spacial score (nSPS) is 19.3. The fraction of sp³-hybridized carbons (Fsp3) is 0.207. The number of hydrogen-bond donors (Lipinski definition) is 2. The Morgan fingerprint density at radius 2 is 1.86 bits per heavy atom. The average molecular weight is 514 g/mol. The van der Waals surface area contributed by atoms with Crippen LogP contribution in [0.4, 0.5) is 5.69 Å². The van der Waals surface area contributed by atoms with Gasteiger partial charge in [0.2, 0.25) is 0 Å². The Bertz CT molecular complexity index is 1310. The van der Waals surface area contributed by atoms with Crippen LogP contribution in [0.15, 0.2) is 102 Å². The van der Waals surface area contributed by atoms with E-state index >= 15 is 0 Å². The van der Waals surface area contributed by atoms with E-state index in [9.17, 15) is 9.90 Å². The van der Waals surface area contributed by atoms with Crippen LogP contribution in [-0.4, -0.2) is 32.8 Å². The van der Waals surface area contributed by atoms with Crippen LogP contribution in [0.3, 0.4) is 0 Å². The highest BCUT2D eigenvalue weighted by Crippen LogP contribution is 2.39. The molecule has 1 aliphatic rings. The number of ether oxygens (including phenoxy) is 2. The van der Waals surface area contributed by atoms with Crippen LogP contribution in [0, 0.1) is 0 Å². The molecule has 188 valence electrons. The first-order chi connectivity index (χ1) is 18.2. The highest BCUT2D eigenvalue weighted by atomic mass is 32.2. The average Bonchev–Trinajstić information content (AvgIpc) is 2.97. The number of nitrogens with zero attached hydrogens (tertiary/aromatic N) is 2. The number of hydrogen-bond acceptors (Lipinski definition) is 7. The van der Waals surface area contributed by atoms with Gasteiger partial charge in [0.05, 0.1) is 29.4 Å². The minimum atomic E-state index is -0.610. The van der Waals surface area contributed by atoms with Crippen molar-refractivity contribution in [1.29, 1.82) is 0 Å². The summed E-state index contributed by atoms with van der Waals surface area (Å²) in [7, 11) is 0. The van der Waals surface area contributed by atoms with Gasteiger partial charge in [-0.25, -0.2) is 4.98 Å². The number of aliphatic hydroxyl groups is 1. The lowest BCUT2D eigenvalue weighted by molar-refractivity contribution is -0.245. The smallest absolute Gasteiger partial charge is 0.257 e. The van der Waals surface area contributed by atoms with Gasteiger partial charge in [0.15, 0.2) is 6.29 Å². The third-order valence-electron chi connectivity index (χ3n) is 6.01. The van der Waals surface area contributed by atoms with E-state index in [1.165, 1.54) is 6.20 Å². The van der Waals surface area contributed by atoms with Crippen molar-refractivity contribution >= 4 is 23.4 Å². The summed E-state index contributed by atoms with van der Waals surface area (Å²) >= 11 is 1.65. The molecule has 0 bridgehead atoms. The van der Waals surface area contributed by atoms with Gasteiger partial charge in [-0.15, -0.1) is 11.8 Å². The van der Waals surface area contributed by atoms with Gasteiger partial charge >= 0.3 is 0 Å². The molecule has 1 amide bonds. The zero-order chi connectivity index (χ0) is 25.5. The minimum Gasteiger partial charge on any atom is -0.392 e. The van der Waals surface area contributed by atoms with Crippen molar-refractivity contribution < 1.29 is 19.4 Å². The third kappa shape index (κ3) is 6.61. The number of carbonyl (C=O) groups is 1. The number of anilines is 1. The lowest BCUT2D eigenvalue weighted by Gasteiger charge is -2.36. The topological polar surface area (TPSA) is 93.6 Å². The number of pyridine rings is 2. The standard InChI is InChI=1S/C29H27N3O4S/c33-18-20-9-11-21(12-10-20)26-16-25(19-37-27-8-1-2-14-31-27)35-29(36-26)22-5-3-7-24(15-22)32-28(34)23-6-4-13-30-17-23/h1-15,17,25-26,29,33H,16,18-19H2,(H,32,34). The zero-order valence-electron chi connectivity index (χ0n) is 20.1. The molecule has 2 aromatic heterocycles. The Hall–Kier alpha value is -3.56. The quantitative estimate of drug-likeness (QED) is 0.298. The van der Waals surface area contributed by atoms with E-state index < -0.39 is 6.29 Å². The monoisotopic (exact) mass is 513 g/mol. The maximum Gasteiger partial charge on any atom is 0.257 e. The largest absolute Gasteiger partial charge is 0.392 e. The summed E-state index contributed by atoms with van der Waals surface area (Å²) < 4.78 is 12.8. The van der Waals surface area contributed by atoms with Gasteiger partial charge in [-0.3, -0.25) is 9.78 Å². The fourth-order valence-electron chi connectivity index (χ4n) is 4.10. The Morgan fingerprint density at radius 3 is 2.62 bits per heavy atom. The predicted octanol–water partition coefficient (Wildman–Crippen LogP) is 5.56. The lowest BCUT2D eigenvalue weighted by atomic mass is 10.0. The van der Waals surface area contributed by atoms with Crippen LogP contribution in [-0.2, 0) is 16.1 Å². The van der Waals surface area contributed by atoms with Gasteiger partial charge in [0.1, 0.15) is 0 Å². The number of rotatable bonds is 8. The molecule has 1 saturated heterocycles. The predicted molar refractivity (Wildman–Crippen MR) is 142 cm³/mol. The number of aliphatic hydroxyl groups excluding tert-OH is 1. The number of aromatic nitrogens is 2. The maximum absolute atomic E-state index is 12.6. The molecule has 3 unspecified atom stereocenters. The molecule has 1 fully saturated rings. The van der Waals surface area contributed by atoms with Crippen LogP contribution >= 0.6 is 11.8 Å². The first-order valence-corrected chi connectivity index (χ1v) is 13.0. The lowest BCUT2D eigenvalue weighted by Crippen LogP contribution is -2.31. The van der Waals surface area contributed by atoms with Gasteiger partial charge in [0.25, 0.3) is 5.91 Å². The van der Waals surface area contributed by atoms with Crippen molar-refractivity contribution in [2.45, 2.75) is 36.6 Å². The summed E-state index contributed by atoms with van der Waals surface area (Å²) in [5.41, 5.74) is 3.82. The van der Waals surface area contributed by atoms with Crippen molar-refractivity contribution in [3.63, 3.8) is 0 Å². The van der Waals surface area contributed by atoms with E-state index in [0.29, 0.717) is 17.7 Å². The van der Waals surface area contributed by atoms with Crippen LogP contribution in [0.5, 0.6) is 0 Å². The van der Waals surface area contributed by atoms with Crippen molar-refractivity contribution in [1.82, 2.24) is 9.97 Å². The summed E-state index contributed by atoms with van der Waals surface area (Å²) in [6, 6.07) is 24.6. The molecule has 2 aromatic carbocycles. The molecule has 0 radical (unpaired) electrons. The third-order valence-corrected chi connectivity index (χ3v) is 7.09. The van der Waals surface area contributed by atoms with Gasteiger partial charge in [0, 0.05) is 42.0 Å².